The van der Waals surface area contributed by atoms with Crippen molar-refractivity contribution in [3.63, 3.8) is 0 Å². The molecule has 0 saturated heterocycles. The normalized spacial score (nSPS) is 11.6. The Kier molecular flexibility index (Phi) is 3.53. The van der Waals surface area contributed by atoms with Crippen LogP contribution < -0.4 is 5.32 Å². The van der Waals surface area contributed by atoms with Crippen molar-refractivity contribution >= 4 is 23.2 Å². The molecule has 114 valence electrons. The monoisotopic (exact) mass is 317 g/mol. The Balaban J connectivity index is 1.80. The Morgan fingerprint density at radius 1 is 1.41 bits per heavy atom. The van der Waals surface area contributed by atoms with Crippen molar-refractivity contribution < 1.29 is 9.21 Å². The lowest BCUT2D eigenvalue weighted by molar-refractivity contribution is 0.102. The van der Waals surface area contributed by atoms with Crippen molar-refractivity contribution in [3.8, 4) is 11.4 Å². The summed E-state index contributed by atoms with van der Waals surface area (Å²) in [5, 5.41) is 9.43. The maximum Gasteiger partial charge on any atom is 0.270 e. The van der Waals surface area contributed by atoms with Crippen LogP contribution >= 0.6 is 11.3 Å². The first kappa shape index (κ1) is 14.5. The first-order chi connectivity index (χ1) is 10.4. The summed E-state index contributed by atoms with van der Waals surface area (Å²) in [6, 6.07) is 1.76. The van der Waals surface area contributed by atoms with Crippen LogP contribution in [0, 0.1) is 0 Å². The maximum absolute atomic E-state index is 12.4. The van der Waals surface area contributed by atoms with E-state index in [1.54, 1.807) is 24.1 Å². The van der Waals surface area contributed by atoms with Crippen LogP contribution in [0.5, 0.6) is 0 Å². The quantitative estimate of drug-likeness (QED) is 0.774. The van der Waals surface area contributed by atoms with Gasteiger partial charge in [-0.25, -0.2) is 4.98 Å². The van der Waals surface area contributed by atoms with Gasteiger partial charge in [0.1, 0.15) is 11.1 Å². The van der Waals surface area contributed by atoms with E-state index in [-0.39, 0.29) is 17.3 Å². The number of thiazole rings is 1. The number of H-pyrrole nitrogens is 1. The molecule has 0 fully saturated rings. The number of amides is 1. The lowest BCUT2D eigenvalue weighted by atomic mass is 9.91. The fourth-order valence-corrected chi connectivity index (χ4v) is 2.84. The highest BCUT2D eigenvalue weighted by Crippen LogP contribution is 2.27. The van der Waals surface area contributed by atoms with Gasteiger partial charge in [-0.1, -0.05) is 20.8 Å². The molecule has 2 N–H and O–H groups in total. The molecule has 0 saturated carbocycles. The predicted octanol–water partition coefficient (Wildman–Crippen LogP) is 3.07. The molecule has 3 aromatic heterocycles. The number of carbonyl (C=O) groups is 1. The first-order valence-electron chi connectivity index (χ1n) is 6.65. The molecule has 3 heterocycles. The summed E-state index contributed by atoms with van der Waals surface area (Å²) in [7, 11) is 0. The van der Waals surface area contributed by atoms with E-state index in [0.29, 0.717) is 10.7 Å². The Labute approximate surface area is 130 Å². The standard InChI is InChI=1S/C14H15N5O2S/c1-14(2,3)10-9(22-7-15-10)12(20)17-13-16-11(18-19-13)8-4-5-21-6-8/h4-7H,1-3H3,(H2,16,17,18,19,20). The summed E-state index contributed by atoms with van der Waals surface area (Å²) in [4.78, 5) is 21.5. The first-order valence-corrected chi connectivity index (χ1v) is 7.53. The third kappa shape index (κ3) is 2.77. The van der Waals surface area contributed by atoms with E-state index < -0.39 is 0 Å². The molecule has 0 radical (unpaired) electrons. The second-order valence-electron chi connectivity index (χ2n) is 5.75. The zero-order valence-corrected chi connectivity index (χ0v) is 13.2. The minimum absolute atomic E-state index is 0.201. The van der Waals surface area contributed by atoms with Crippen molar-refractivity contribution in [2.45, 2.75) is 26.2 Å². The van der Waals surface area contributed by atoms with Crippen LogP contribution in [0.2, 0.25) is 0 Å². The minimum atomic E-state index is -0.259. The summed E-state index contributed by atoms with van der Waals surface area (Å²) < 4.78 is 4.99. The van der Waals surface area contributed by atoms with Crippen LogP contribution in [-0.4, -0.2) is 26.1 Å². The fourth-order valence-electron chi connectivity index (χ4n) is 1.95. The molecule has 0 aliphatic heterocycles. The van der Waals surface area contributed by atoms with Gasteiger partial charge in [0.05, 0.1) is 23.0 Å². The highest BCUT2D eigenvalue weighted by atomic mass is 32.1. The second kappa shape index (κ2) is 5.38. The lowest BCUT2D eigenvalue weighted by Gasteiger charge is -2.16. The predicted molar refractivity (Wildman–Crippen MR) is 82.9 cm³/mol. The van der Waals surface area contributed by atoms with Gasteiger partial charge < -0.3 is 4.42 Å². The SMILES string of the molecule is CC(C)(C)c1ncsc1C(=O)Nc1n[nH]c(-c2ccoc2)n1. The smallest absolute Gasteiger partial charge is 0.270 e. The van der Waals surface area contributed by atoms with E-state index >= 15 is 0 Å². The molecule has 0 aliphatic rings. The molecule has 0 spiro atoms. The highest BCUT2D eigenvalue weighted by molar-refractivity contribution is 7.12. The fraction of sp³-hybridized carbons (Fsp3) is 0.286. The number of rotatable bonds is 3. The summed E-state index contributed by atoms with van der Waals surface area (Å²) >= 11 is 1.30. The maximum atomic E-state index is 12.4. The van der Waals surface area contributed by atoms with Gasteiger partial charge in [-0.3, -0.25) is 15.2 Å². The Morgan fingerprint density at radius 2 is 2.23 bits per heavy atom. The third-order valence-electron chi connectivity index (χ3n) is 2.99. The average Bonchev–Trinajstić information content (AvgIpc) is 3.19. The van der Waals surface area contributed by atoms with E-state index in [1.807, 2.05) is 20.8 Å². The number of nitrogens with zero attached hydrogens (tertiary/aromatic N) is 3. The molecule has 3 aromatic rings. The van der Waals surface area contributed by atoms with Crippen molar-refractivity contribution in [2.75, 3.05) is 5.32 Å². The molecule has 1 amide bonds. The van der Waals surface area contributed by atoms with Crippen molar-refractivity contribution in [1.29, 1.82) is 0 Å². The van der Waals surface area contributed by atoms with Gasteiger partial charge in [0.25, 0.3) is 5.91 Å². The van der Waals surface area contributed by atoms with Gasteiger partial charge in [0, 0.05) is 5.41 Å². The molecule has 0 atom stereocenters. The summed E-state index contributed by atoms with van der Waals surface area (Å²) in [6.07, 6.45) is 3.09. The number of aromatic amines is 1. The van der Waals surface area contributed by atoms with Gasteiger partial charge in [-0.15, -0.1) is 16.4 Å². The van der Waals surface area contributed by atoms with Crippen LogP contribution in [0.3, 0.4) is 0 Å². The lowest BCUT2D eigenvalue weighted by Crippen LogP contribution is -2.20. The Morgan fingerprint density at radius 3 is 2.91 bits per heavy atom. The van der Waals surface area contributed by atoms with Gasteiger partial charge in [-0.2, -0.15) is 4.98 Å². The number of aromatic nitrogens is 4. The van der Waals surface area contributed by atoms with E-state index in [2.05, 4.69) is 25.5 Å². The van der Waals surface area contributed by atoms with Gasteiger partial charge in [0.15, 0.2) is 5.82 Å². The minimum Gasteiger partial charge on any atom is -0.472 e. The number of hydrogen-bond acceptors (Lipinski definition) is 6. The van der Waals surface area contributed by atoms with Gasteiger partial charge in [0.2, 0.25) is 5.95 Å². The van der Waals surface area contributed by atoms with Crippen LogP contribution in [0.4, 0.5) is 5.95 Å². The Hall–Kier alpha value is -2.48. The van der Waals surface area contributed by atoms with Gasteiger partial charge in [-0.05, 0) is 6.07 Å². The molecule has 3 rings (SSSR count). The van der Waals surface area contributed by atoms with Crippen molar-refractivity contribution in [3.05, 3.63) is 34.7 Å². The molecule has 8 heteroatoms. The molecule has 0 aromatic carbocycles. The van der Waals surface area contributed by atoms with E-state index in [0.717, 1.165) is 11.3 Å². The van der Waals surface area contributed by atoms with Crippen LogP contribution in [0.1, 0.15) is 36.1 Å². The van der Waals surface area contributed by atoms with Gasteiger partial charge >= 0.3 is 0 Å². The molecular formula is C14H15N5O2S. The summed E-state index contributed by atoms with van der Waals surface area (Å²) in [5.74, 6) is 0.490. The van der Waals surface area contributed by atoms with E-state index in [1.165, 1.54) is 11.3 Å². The number of nitrogens with one attached hydrogen (secondary N) is 2. The number of hydrogen-bond donors (Lipinski definition) is 2. The van der Waals surface area contributed by atoms with Crippen LogP contribution in [0.25, 0.3) is 11.4 Å². The zero-order valence-electron chi connectivity index (χ0n) is 12.4. The zero-order chi connectivity index (χ0) is 15.7. The molecule has 22 heavy (non-hydrogen) atoms. The molecular weight excluding hydrogens is 302 g/mol. The summed E-state index contributed by atoms with van der Waals surface area (Å²) in [5.41, 5.74) is 3.00. The molecule has 0 aliphatic carbocycles. The van der Waals surface area contributed by atoms with E-state index in [4.69, 9.17) is 4.42 Å². The third-order valence-corrected chi connectivity index (χ3v) is 3.81. The Bertz CT molecular complexity index is 782. The second-order valence-corrected chi connectivity index (χ2v) is 6.61. The molecule has 0 unspecified atom stereocenters. The molecule has 7 nitrogen and oxygen atoms in total. The van der Waals surface area contributed by atoms with Crippen molar-refractivity contribution in [1.82, 2.24) is 20.2 Å². The number of carbonyl (C=O) groups excluding carboxylic acids is 1. The van der Waals surface area contributed by atoms with E-state index in [9.17, 15) is 4.79 Å². The molecule has 0 bridgehead atoms. The van der Waals surface area contributed by atoms with Crippen LogP contribution in [0.15, 0.2) is 28.5 Å². The van der Waals surface area contributed by atoms with Crippen molar-refractivity contribution in [2.24, 2.45) is 0 Å². The largest absolute Gasteiger partial charge is 0.472 e. The summed E-state index contributed by atoms with van der Waals surface area (Å²) in [6.45, 7) is 6.05. The topological polar surface area (TPSA) is 96.7 Å². The highest BCUT2D eigenvalue weighted by Gasteiger charge is 2.25. The van der Waals surface area contributed by atoms with Crippen LogP contribution in [-0.2, 0) is 5.41 Å². The number of anilines is 1. The average molecular weight is 317 g/mol. The number of furan rings is 1.